The van der Waals surface area contributed by atoms with Crippen LogP contribution in [0.1, 0.15) is 12.0 Å². The lowest BCUT2D eigenvalue weighted by atomic mass is 9.74. The Bertz CT molecular complexity index is 692. The van der Waals surface area contributed by atoms with Crippen LogP contribution in [0.3, 0.4) is 0 Å². The Hall–Kier alpha value is -1.99. The SMILES string of the molecule is O=C1CO[C@@H]2CCN(C(=O)C3(Cc4ccccc4F)CNC3)C[C@@H]2N1. The van der Waals surface area contributed by atoms with Gasteiger partial charge in [-0.15, -0.1) is 0 Å². The average Bonchev–Trinajstić information content (AvgIpc) is 2.58. The lowest BCUT2D eigenvalue weighted by Gasteiger charge is -2.48. The third-order valence-electron chi connectivity index (χ3n) is 5.48. The van der Waals surface area contributed by atoms with Crippen molar-refractivity contribution in [3.63, 3.8) is 0 Å². The first-order chi connectivity index (χ1) is 12.1. The number of amides is 2. The van der Waals surface area contributed by atoms with Crippen LogP contribution in [0, 0.1) is 11.2 Å². The fourth-order valence-electron chi connectivity index (χ4n) is 4.00. The third kappa shape index (κ3) is 3.02. The molecule has 134 valence electrons. The molecule has 2 N–H and O–H groups in total. The van der Waals surface area contributed by atoms with Crippen LogP contribution in [0.25, 0.3) is 0 Å². The molecule has 3 fully saturated rings. The highest BCUT2D eigenvalue weighted by molar-refractivity contribution is 5.85. The van der Waals surface area contributed by atoms with Gasteiger partial charge in [-0.1, -0.05) is 18.2 Å². The number of halogens is 1. The number of piperidine rings is 1. The Labute approximate surface area is 145 Å². The first-order valence-electron chi connectivity index (χ1n) is 8.72. The molecule has 0 saturated carbocycles. The number of rotatable bonds is 3. The van der Waals surface area contributed by atoms with E-state index in [0.29, 0.717) is 44.6 Å². The van der Waals surface area contributed by atoms with Gasteiger partial charge in [0, 0.05) is 26.2 Å². The largest absolute Gasteiger partial charge is 0.366 e. The van der Waals surface area contributed by atoms with Crippen molar-refractivity contribution in [3.8, 4) is 0 Å². The standard InChI is InChI=1S/C18H22FN3O3/c19-13-4-2-1-3-12(13)7-18(10-20-11-18)17(24)22-6-5-15-14(8-22)21-16(23)9-25-15/h1-4,14-15,20H,5-11H2,(H,21,23)/t14-,15+/m0/s1. The number of likely N-dealkylation sites (tertiary alicyclic amines) is 1. The normalized spacial score (nSPS) is 27.9. The molecule has 25 heavy (non-hydrogen) atoms. The summed E-state index contributed by atoms with van der Waals surface area (Å²) in [6, 6.07) is 6.47. The second-order valence-electron chi connectivity index (χ2n) is 7.22. The number of ether oxygens (including phenoxy) is 1. The summed E-state index contributed by atoms with van der Waals surface area (Å²) in [4.78, 5) is 26.5. The van der Waals surface area contributed by atoms with E-state index in [0.717, 1.165) is 0 Å². The number of carbonyl (C=O) groups excluding carboxylic acids is 2. The molecule has 0 spiro atoms. The van der Waals surface area contributed by atoms with Crippen LogP contribution in [0.2, 0.25) is 0 Å². The van der Waals surface area contributed by atoms with Gasteiger partial charge in [0.05, 0.1) is 17.6 Å². The maximum Gasteiger partial charge on any atom is 0.246 e. The number of benzene rings is 1. The summed E-state index contributed by atoms with van der Waals surface area (Å²) in [5, 5.41) is 6.08. The summed E-state index contributed by atoms with van der Waals surface area (Å²) in [7, 11) is 0. The van der Waals surface area contributed by atoms with Crippen molar-refractivity contribution < 1.29 is 18.7 Å². The quantitative estimate of drug-likeness (QED) is 0.812. The smallest absolute Gasteiger partial charge is 0.246 e. The molecule has 1 aromatic rings. The van der Waals surface area contributed by atoms with Crippen molar-refractivity contribution in [1.29, 1.82) is 0 Å². The van der Waals surface area contributed by atoms with E-state index in [2.05, 4.69) is 10.6 Å². The molecule has 3 aliphatic heterocycles. The van der Waals surface area contributed by atoms with Crippen LogP contribution in [0.4, 0.5) is 4.39 Å². The zero-order chi connectivity index (χ0) is 17.4. The summed E-state index contributed by atoms with van der Waals surface area (Å²) in [5.41, 5.74) is -0.0317. The molecule has 2 amide bonds. The predicted molar refractivity (Wildman–Crippen MR) is 88.3 cm³/mol. The van der Waals surface area contributed by atoms with Crippen molar-refractivity contribution in [2.75, 3.05) is 32.8 Å². The summed E-state index contributed by atoms with van der Waals surface area (Å²) in [5.74, 6) is -0.372. The number of morpholine rings is 1. The summed E-state index contributed by atoms with van der Waals surface area (Å²) >= 11 is 0. The van der Waals surface area contributed by atoms with E-state index in [1.165, 1.54) is 6.07 Å². The number of hydrogen-bond acceptors (Lipinski definition) is 4. The van der Waals surface area contributed by atoms with Gasteiger partial charge in [-0.25, -0.2) is 4.39 Å². The number of hydrogen-bond donors (Lipinski definition) is 2. The molecule has 4 rings (SSSR count). The second-order valence-corrected chi connectivity index (χ2v) is 7.22. The van der Waals surface area contributed by atoms with E-state index >= 15 is 0 Å². The van der Waals surface area contributed by atoms with Crippen LogP contribution in [0.15, 0.2) is 24.3 Å². The number of carbonyl (C=O) groups is 2. The van der Waals surface area contributed by atoms with Crippen molar-refractivity contribution in [3.05, 3.63) is 35.6 Å². The minimum Gasteiger partial charge on any atom is -0.366 e. The average molecular weight is 347 g/mol. The van der Waals surface area contributed by atoms with Crippen molar-refractivity contribution in [1.82, 2.24) is 15.5 Å². The number of nitrogens with one attached hydrogen (secondary N) is 2. The van der Waals surface area contributed by atoms with E-state index in [4.69, 9.17) is 4.74 Å². The van der Waals surface area contributed by atoms with Gasteiger partial charge < -0.3 is 20.3 Å². The topological polar surface area (TPSA) is 70.7 Å². The zero-order valence-electron chi connectivity index (χ0n) is 14.0. The first kappa shape index (κ1) is 16.5. The minimum atomic E-state index is -0.603. The van der Waals surface area contributed by atoms with E-state index in [9.17, 15) is 14.0 Å². The molecule has 3 heterocycles. The molecule has 7 heteroatoms. The first-order valence-corrected chi connectivity index (χ1v) is 8.72. The van der Waals surface area contributed by atoms with E-state index < -0.39 is 5.41 Å². The highest BCUT2D eigenvalue weighted by atomic mass is 19.1. The molecule has 2 atom stereocenters. The highest BCUT2D eigenvalue weighted by Gasteiger charge is 2.48. The Kier molecular flexibility index (Phi) is 4.21. The fraction of sp³-hybridized carbons (Fsp3) is 0.556. The summed E-state index contributed by atoms with van der Waals surface area (Å²) in [6.07, 6.45) is 1.07. The highest BCUT2D eigenvalue weighted by Crippen LogP contribution is 2.32. The lowest BCUT2D eigenvalue weighted by Crippen LogP contribution is -2.67. The molecule has 0 unspecified atom stereocenters. The Morgan fingerprint density at radius 2 is 2.16 bits per heavy atom. The maximum atomic E-state index is 14.0. The van der Waals surface area contributed by atoms with Crippen LogP contribution in [0.5, 0.6) is 0 Å². The Morgan fingerprint density at radius 3 is 2.88 bits per heavy atom. The number of nitrogens with zero attached hydrogens (tertiary/aromatic N) is 1. The maximum absolute atomic E-state index is 14.0. The van der Waals surface area contributed by atoms with E-state index in [1.54, 1.807) is 23.1 Å². The van der Waals surface area contributed by atoms with Gasteiger partial charge in [0.25, 0.3) is 0 Å². The molecule has 3 saturated heterocycles. The molecular weight excluding hydrogens is 325 g/mol. The van der Waals surface area contributed by atoms with Crippen molar-refractivity contribution in [2.24, 2.45) is 5.41 Å². The van der Waals surface area contributed by atoms with E-state index in [-0.39, 0.29) is 36.4 Å². The fourth-order valence-corrected chi connectivity index (χ4v) is 4.00. The van der Waals surface area contributed by atoms with Crippen LogP contribution < -0.4 is 10.6 Å². The predicted octanol–water partition coefficient (Wildman–Crippen LogP) is 0.0737. The zero-order valence-corrected chi connectivity index (χ0v) is 14.0. The molecule has 3 aliphatic rings. The van der Waals surface area contributed by atoms with E-state index in [1.807, 2.05) is 0 Å². The minimum absolute atomic E-state index is 0.0243. The van der Waals surface area contributed by atoms with Gasteiger partial charge in [-0.05, 0) is 24.5 Å². The lowest BCUT2D eigenvalue weighted by molar-refractivity contribution is -0.154. The van der Waals surface area contributed by atoms with Crippen LogP contribution >= 0.6 is 0 Å². The van der Waals surface area contributed by atoms with Gasteiger partial charge in [-0.3, -0.25) is 9.59 Å². The second kappa shape index (κ2) is 6.38. The molecule has 1 aromatic carbocycles. The molecule has 0 aliphatic carbocycles. The molecule has 6 nitrogen and oxygen atoms in total. The van der Waals surface area contributed by atoms with Crippen LogP contribution in [-0.2, 0) is 20.7 Å². The van der Waals surface area contributed by atoms with Crippen molar-refractivity contribution in [2.45, 2.75) is 25.0 Å². The van der Waals surface area contributed by atoms with Gasteiger partial charge in [0.1, 0.15) is 12.4 Å². The van der Waals surface area contributed by atoms with Crippen LogP contribution in [-0.4, -0.2) is 61.6 Å². The number of fused-ring (bicyclic) bond motifs is 1. The third-order valence-corrected chi connectivity index (χ3v) is 5.48. The van der Waals surface area contributed by atoms with Gasteiger partial charge in [0.2, 0.25) is 11.8 Å². The molecule has 0 radical (unpaired) electrons. The molecule has 0 aromatic heterocycles. The summed E-state index contributed by atoms with van der Waals surface area (Å²) < 4.78 is 19.6. The monoisotopic (exact) mass is 347 g/mol. The Balaban J connectivity index is 1.49. The Morgan fingerprint density at radius 1 is 1.36 bits per heavy atom. The van der Waals surface area contributed by atoms with Gasteiger partial charge in [-0.2, -0.15) is 0 Å². The van der Waals surface area contributed by atoms with Gasteiger partial charge >= 0.3 is 0 Å². The summed E-state index contributed by atoms with van der Waals surface area (Å²) in [6.45, 7) is 2.25. The van der Waals surface area contributed by atoms with Gasteiger partial charge in [0.15, 0.2) is 0 Å². The van der Waals surface area contributed by atoms with Crippen molar-refractivity contribution >= 4 is 11.8 Å². The molecule has 0 bridgehead atoms. The molecular formula is C18H22FN3O3.